The third-order valence-electron chi connectivity index (χ3n) is 1.95. The Bertz CT molecular complexity index is 128. The van der Waals surface area contributed by atoms with Crippen LogP contribution in [0.25, 0.3) is 0 Å². The predicted molar refractivity (Wildman–Crippen MR) is 37.8 cm³/mol. The third kappa shape index (κ3) is 1.90. The summed E-state index contributed by atoms with van der Waals surface area (Å²) in [5, 5.41) is 27.4. The van der Waals surface area contributed by atoms with Crippen molar-refractivity contribution in [2.24, 2.45) is 0 Å². The zero-order valence-corrected chi connectivity index (χ0v) is 6.47. The Labute approximate surface area is 65.4 Å². The van der Waals surface area contributed by atoms with Crippen molar-refractivity contribution < 1.29 is 20.1 Å². The van der Waals surface area contributed by atoms with Crippen molar-refractivity contribution in [3.8, 4) is 0 Å². The zero-order valence-electron chi connectivity index (χ0n) is 6.47. The van der Waals surface area contributed by atoms with E-state index in [9.17, 15) is 5.11 Å². The highest BCUT2D eigenvalue weighted by Crippen LogP contribution is 2.20. The second-order valence-corrected chi connectivity index (χ2v) is 2.83. The van der Waals surface area contributed by atoms with Crippen LogP contribution in [-0.4, -0.2) is 39.9 Å². The van der Waals surface area contributed by atoms with E-state index in [1.807, 2.05) is 6.92 Å². The van der Waals surface area contributed by atoms with E-state index < -0.39 is 24.6 Å². The van der Waals surface area contributed by atoms with E-state index in [0.717, 1.165) is 0 Å². The Kier molecular flexibility index (Phi) is 2.84. The number of aliphatic hydroxyl groups excluding tert-OH is 3. The monoisotopic (exact) mass is 162 g/mol. The normalized spacial score (nSPS) is 45.8. The van der Waals surface area contributed by atoms with Crippen molar-refractivity contribution in [3.05, 3.63) is 0 Å². The molecule has 1 aliphatic rings. The molecular formula is C7H14O4. The largest absolute Gasteiger partial charge is 0.390 e. The highest BCUT2D eigenvalue weighted by molar-refractivity contribution is 4.81. The molecule has 4 unspecified atom stereocenters. The topological polar surface area (TPSA) is 69.9 Å². The third-order valence-corrected chi connectivity index (χ3v) is 1.95. The van der Waals surface area contributed by atoms with Gasteiger partial charge in [0.25, 0.3) is 0 Å². The first kappa shape index (κ1) is 8.93. The summed E-state index contributed by atoms with van der Waals surface area (Å²) in [4.78, 5) is 0. The molecular weight excluding hydrogens is 148 g/mol. The van der Waals surface area contributed by atoms with Gasteiger partial charge in [0.1, 0.15) is 6.10 Å². The molecule has 1 aliphatic heterocycles. The van der Waals surface area contributed by atoms with Crippen molar-refractivity contribution >= 4 is 0 Å². The Morgan fingerprint density at radius 3 is 2.55 bits per heavy atom. The number of rotatable bonds is 1. The van der Waals surface area contributed by atoms with E-state index in [1.165, 1.54) is 0 Å². The number of aliphatic hydroxyl groups is 3. The van der Waals surface area contributed by atoms with Gasteiger partial charge in [-0.2, -0.15) is 0 Å². The molecule has 4 heteroatoms. The molecule has 3 N–H and O–H groups in total. The summed E-state index contributed by atoms with van der Waals surface area (Å²) < 4.78 is 4.96. The average molecular weight is 162 g/mol. The lowest BCUT2D eigenvalue weighted by atomic mass is 10.00. The van der Waals surface area contributed by atoms with E-state index in [-0.39, 0.29) is 6.42 Å². The number of hydrogen-bond donors (Lipinski definition) is 3. The lowest BCUT2D eigenvalue weighted by Gasteiger charge is -2.34. The molecule has 0 aromatic rings. The number of ether oxygens (including phenoxy) is 1. The molecule has 4 atom stereocenters. The van der Waals surface area contributed by atoms with E-state index in [0.29, 0.717) is 6.42 Å². The fourth-order valence-corrected chi connectivity index (χ4v) is 1.27. The first-order chi connectivity index (χ1) is 5.15. The predicted octanol–water partition coefficient (Wildman–Crippen LogP) is -0.774. The average Bonchev–Trinajstić information content (AvgIpc) is 1.96. The number of hydrogen-bond acceptors (Lipinski definition) is 4. The van der Waals surface area contributed by atoms with Crippen molar-refractivity contribution in [3.63, 3.8) is 0 Å². The van der Waals surface area contributed by atoms with Crippen LogP contribution >= 0.6 is 0 Å². The van der Waals surface area contributed by atoms with Gasteiger partial charge in [-0.15, -0.1) is 0 Å². The highest BCUT2D eigenvalue weighted by Gasteiger charge is 2.34. The minimum atomic E-state index is -0.932. The second kappa shape index (κ2) is 3.49. The molecule has 1 fully saturated rings. The summed E-state index contributed by atoms with van der Waals surface area (Å²) in [7, 11) is 0. The highest BCUT2D eigenvalue weighted by atomic mass is 16.6. The Balaban J connectivity index is 2.51. The van der Waals surface area contributed by atoms with Crippen LogP contribution in [0.3, 0.4) is 0 Å². The van der Waals surface area contributed by atoms with Crippen LogP contribution in [-0.2, 0) is 4.74 Å². The standard InChI is InChI=1S/C7H14O4/c1-2-5-7(10)4(8)3-6(9)11-5/h4-10H,2-3H2,1H3. The maximum atomic E-state index is 9.27. The summed E-state index contributed by atoms with van der Waals surface area (Å²) >= 11 is 0. The summed E-state index contributed by atoms with van der Waals surface area (Å²) in [5.41, 5.74) is 0. The molecule has 1 saturated heterocycles. The van der Waals surface area contributed by atoms with Crippen molar-refractivity contribution in [2.45, 2.75) is 44.4 Å². The molecule has 0 aromatic heterocycles. The van der Waals surface area contributed by atoms with Crippen LogP contribution in [0.2, 0.25) is 0 Å². The summed E-state index contributed by atoms with van der Waals surface area (Å²) in [6.45, 7) is 1.83. The van der Waals surface area contributed by atoms with Gasteiger partial charge in [0.05, 0.1) is 12.2 Å². The first-order valence-corrected chi connectivity index (χ1v) is 3.84. The fraction of sp³-hybridized carbons (Fsp3) is 1.00. The van der Waals surface area contributed by atoms with Gasteiger partial charge in [0, 0.05) is 6.42 Å². The lowest BCUT2D eigenvalue weighted by molar-refractivity contribution is -0.232. The molecule has 1 rings (SSSR count). The molecule has 0 radical (unpaired) electrons. The van der Waals surface area contributed by atoms with Crippen LogP contribution in [0.4, 0.5) is 0 Å². The van der Waals surface area contributed by atoms with Gasteiger partial charge in [-0.05, 0) is 6.42 Å². The van der Waals surface area contributed by atoms with Crippen molar-refractivity contribution in [2.75, 3.05) is 0 Å². The summed E-state index contributed by atoms with van der Waals surface area (Å²) in [5.74, 6) is 0. The molecule has 0 aromatic carbocycles. The SMILES string of the molecule is CCC1OC(O)CC(O)C1O. The lowest BCUT2D eigenvalue weighted by Crippen LogP contribution is -2.47. The van der Waals surface area contributed by atoms with Gasteiger partial charge in [-0.1, -0.05) is 6.92 Å². The Hall–Kier alpha value is -0.160. The molecule has 0 bridgehead atoms. The van der Waals surface area contributed by atoms with Gasteiger partial charge in [-0.3, -0.25) is 0 Å². The van der Waals surface area contributed by atoms with Gasteiger partial charge in [0.15, 0.2) is 6.29 Å². The van der Waals surface area contributed by atoms with Crippen LogP contribution < -0.4 is 0 Å². The van der Waals surface area contributed by atoms with Crippen LogP contribution in [0.15, 0.2) is 0 Å². The zero-order chi connectivity index (χ0) is 8.43. The van der Waals surface area contributed by atoms with Crippen LogP contribution in [0.1, 0.15) is 19.8 Å². The van der Waals surface area contributed by atoms with Crippen LogP contribution in [0, 0.1) is 0 Å². The molecule has 0 amide bonds. The fourth-order valence-electron chi connectivity index (χ4n) is 1.27. The van der Waals surface area contributed by atoms with Crippen molar-refractivity contribution in [1.29, 1.82) is 0 Å². The van der Waals surface area contributed by atoms with Gasteiger partial charge < -0.3 is 20.1 Å². The molecule has 0 aliphatic carbocycles. The summed E-state index contributed by atoms with van der Waals surface area (Å²) in [6.07, 6.45) is -2.40. The maximum Gasteiger partial charge on any atom is 0.157 e. The minimum absolute atomic E-state index is 0.0949. The second-order valence-electron chi connectivity index (χ2n) is 2.83. The van der Waals surface area contributed by atoms with Crippen LogP contribution in [0.5, 0.6) is 0 Å². The van der Waals surface area contributed by atoms with Gasteiger partial charge in [-0.25, -0.2) is 0 Å². The molecule has 0 spiro atoms. The van der Waals surface area contributed by atoms with Gasteiger partial charge in [0.2, 0.25) is 0 Å². The molecule has 0 saturated carbocycles. The molecule has 4 nitrogen and oxygen atoms in total. The first-order valence-electron chi connectivity index (χ1n) is 3.84. The minimum Gasteiger partial charge on any atom is -0.390 e. The molecule has 11 heavy (non-hydrogen) atoms. The smallest absolute Gasteiger partial charge is 0.157 e. The molecule has 66 valence electrons. The van der Waals surface area contributed by atoms with Crippen molar-refractivity contribution in [1.82, 2.24) is 0 Å². The summed E-state index contributed by atoms with van der Waals surface area (Å²) in [6, 6.07) is 0. The van der Waals surface area contributed by atoms with E-state index in [2.05, 4.69) is 0 Å². The van der Waals surface area contributed by atoms with E-state index >= 15 is 0 Å². The van der Waals surface area contributed by atoms with E-state index in [4.69, 9.17) is 14.9 Å². The Morgan fingerprint density at radius 1 is 1.36 bits per heavy atom. The maximum absolute atomic E-state index is 9.27. The molecule has 1 heterocycles. The Morgan fingerprint density at radius 2 is 2.00 bits per heavy atom. The van der Waals surface area contributed by atoms with Gasteiger partial charge >= 0.3 is 0 Å². The quantitative estimate of drug-likeness (QED) is 0.473. The van der Waals surface area contributed by atoms with E-state index in [1.54, 1.807) is 0 Å².